The van der Waals surface area contributed by atoms with Gasteiger partial charge in [-0.25, -0.2) is 0 Å². The van der Waals surface area contributed by atoms with Crippen molar-refractivity contribution in [3.63, 3.8) is 0 Å². The maximum absolute atomic E-state index is 10.1. The zero-order valence-electron chi connectivity index (χ0n) is 9.55. The van der Waals surface area contributed by atoms with E-state index in [-0.39, 0.29) is 0 Å². The zero-order valence-corrected chi connectivity index (χ0v) is 10.3. The molecule has 0 bridgehead atoms. The summed E-state index contributed by atoms with van der Waals surface area (Å²) in [6.07, 6.45) is 2.99. The minimum atomic E-state index is -0.641. The van der Waals surface area contributed by atoms with Gasteiger partial charge in [-0.1, -0.05) is 23.7 Å². The Morgan fingerprint density at radius 2 is 2.00 bits per heavy atom. The minimum absolute atomic E-state index is 0.424. The molecule has 1 aromatic heterocycles. The first kappa shape index (κ1) is 12.6. The van der Waals surface area contributed by atoms with E-state index in [2.05, 4.69) is 4.98 Å². The maximum atomic E-state index is 10.1. The highest BCUT2D eigenvalue weighted by Crippen LogP contribution is 2.22. The number of benzene rings is 1. The fourth-order valence-corrected chi connectivity index (χ4v) is 1.87. The van der Waals surface area contributed by atoms with Crippen molar-refractivity contribution in [1.29, 1.82) is 5.26 Å². The molecule has 0 saturated heterocycles. The normalized spacial score (nSPS) is 11.8. The van der Waals surface area contributed by atoms with Crippen LogP contribution in [0.25, 0.3) is 0 Å². The second-order valence-corrected chi connectivity index (χ2v) is 4.33. The molecule has 18 heavy (non-hydrogen) atoms. The lowest BCUT2D eigenvalue weighted by atomic mass is 10.0. The van der Waals surface area contributed by atoms with Gasteiger partial charge in [0.2, 0.25) is 0 Å². The van der Waals surface area contributed by atoms with Crippen LogP contribution in [0.2, 0.25) is 5.02 Å². The van der Waals surface area contributed by atoms with Gasteiger partial charge in [0, 0.05) is 18.8 Å². The van der Waals surface area contributed by atoms with E-state index in [1.54, 1.807) is 42.7 Å². The van der Waals surface area contributed by atoms with Crippen molar-refractivity contribution >= 4 is 11.6 Å². The Bertz CT molecular complexity index is 575. The Morgan fingerprint density at radius 1 is 1.28 bits per heavy atom. The molecule has 0 amide bonds. The quantitative estimate of drug-likeness (QED) is 0.921. The van der Waals surface area contributed by atoms with Gasteiger partial charge in [-0.15, -0.1) is 0 Å². The standard InChI is InChI=1S/C14H11ClN2O/c15-13-9-17-6-5-12(13)7-14(18)11-3-1-10(8-16)2-4-11/h1-6,9,14,18H,7H2. The predicted molar refractivity (Wildman–Crippen MR) is 69.1 cm³/mol. The number of hydrogen-bond donors (Lipinski definition) is 1. The predicted octanol–water partition coefficient (Wildman–Crippen LogP) is 2.88. The lowest BCUT2D eigenvalue weighted by Crippen LogP contribution is -2.02. The van der Waals surface area contributed by atoms with E-state index in [1.165, 1.54) is 0 Å². The van der Waals surface area contributed by atoms with Gasteiger partial charge in [0.1, 0.15) is 0 Å². The van der Waals surface area contributed by atoms with Crippen LogP contribution in [0.1, 0.15) is 22.8 Å². The molecular formula is C14H11ClN2O. The van der Waals surface area contributed by atoms with Crippen LogP contribution >= 0.6 is 11.6 Å². The summed E-state index contributed by atoms with van der Waals surface area (Å²) in [4.78, 5) is 3.90. The first-order valence-corrected chi connectivity index (χ1v) is 5.85. The van der Waals surface area contributed by atoms with Crippen molar-refractivity contribution in [3.05, 3.63) is 64.4 Å². The molecule has 1 aromatic carbocycles. The molecule has 0 aliphatic heterocycles. The van der Waals surface area contributed by atoms with E-state index in [0.717, 1.165) is 11.1 Å². The summed E-state index contributed by atoms with van der Waals surface area (Å²) in [7, 11) is 0. The number of halogens is 1. The van der Waals surface area contributed by atoms with Gasteiger partial charge < -0.3 is 5.11 Å². The van der Waals surface area contributed by atoms with Crippen LogP contribution in [0, 0.1) is 11.3 Å². The van der Waals surface area contributed by atoms with E-state index < -0.39 is 6.10 Å². The molecule has 1 N–H and O–H groups in total. The van der Waals surface area contributed by atoms with E-state index in [1.807, 2.05) is 6.07 Å². The maximum Gasteiger partial charge on any atom is 0.0991 e. The number of aliphatic hydroxyl groups is 1. The van der Waals surface area contributed by atoms with Crippen molar-refractivity contribution < 1.29 is 5.11 Å². The van der Waals surface area contributed by atoms with E-state index >= 15 is 0 Å². The fraction of sp³-hybridized carbons (Fsp3) is 0.143. The average molecular weight is 259 g/mol. The largest absolute Gasteiger partial charge is 0.388 e. The summed E-state index contributed by atoms with van der Waals surface area (Å²) in [5.74, 6) is 0. The molecule has 0 radical (unpaired) electrons. The van der Waals surface area contributed by atoms with Gasteiger partial charge in [0.25, 0.3) is 0 Å². The molecule has 1 unspecified atom stereocenters. The van der Waals surface area contributed by atoms with Crippen molar-refractivity contribution in [2.24, 2.45) is 0 Å². The van der Waals surface area contributed by atoms with E-state index in [9.17, 15) is 5.11 Å². The van der Waals surface area contributed by atoms with Gasteiger partial charge in [-0.05, 0) is 29.3 Å². The molecule has 0 spiro atoms. The van der Waals surface area contributed by atoms with Crippen LogP contribution in [-0.2, 0) is 6.42 Å². The fourth-order valence-electron chi connectivity index (χ4n) is 1.68. The van der Waals surface area contributed by atoms with E-state index in [0.29, 0.717) is 17.0 Å². The van der Waals surface area contributed by atoms with Gasteiger partial charge in [0.05, 0.1) is 22.8 Å². The number of aromatic nitrogens is 1. The average Bonchev–Trinajstić information content (AvgIpc) is 2.41. The summed E-state index contributed by atoms with van der Waals surface area (Å²) < 4.78 is 0. The minimum Gasteiger partial charge on any atom is -0.388 e. The lowest BCUT2D eigenvalue weighted by molar-refractivity contribution is 0.178. The van der Waals surface area contributed by atoms with Gasteiger partial charge in [-0.3, -0.25) is 4.98 Å². The number of pyridine rings is 1. The molecule has 1 heterocycles. The third-order valence-electron chi connectivity index (χ3n) is 2.69. The summed E-state index contributed by atoms with van der Waals surface area (Å²) >= 11 is 5.99. The molecule has 90 valence electrons. The molecule has 4 heteroatoms. The highest BCUT2D eigenvalue weighted by Gasteiger charge is 2.10. The highest BCUT2D eigenvalue weighted by atomic mass is 35.5. The van der Waals surface area contributed by atoms with Crippen molar-refractivity contribution in [2.75, 3.05) is 0 Å². The summed E-state index contributed by atoms with van der Waals surface area (Å²) in [6, 6.07) is 10.7. The summed E-state index contributed by atoms with van der Waals surface area (Å²) in [5, 5.41) is 19.3. The Morgan fingerprint density at radius 3 is 2.61 bits per heavy atom. The highest BCUT2D eigenvalue weighted by molar-refractivity contribution is 6.31. The number of nitrogens with zero attached hydrogens (tertiary/aromatic N) is 2. The molecule has 0 fully saturated rings. The Balaban J connectivity index is 2.15. The molecule has 2 rings (SSSR count). The molecule has 1 atom stereocenters. The Kier molecular flexibility index (Phi) is 3.93. The number of rotatable bonds is 3. The number of aliphatic hydroxyl groups excluding tert-OH is 1. The van der Waals surface area contributed by atoms with Crippen LogP contribution in [0.15, 0.2) is 42.7 Å². The van der Waals surface area contributed by atoms with Crippen LogP contribution in [0.4, 0.5) is 0 Å². The number of nitriles is 1. The van der Waals surface area contributed by atoms with Crippen LogP contribution < -0.4 is 0 Å². The monoisotopic (exact) mass is 258 g/mol. The summed E-state index contributed by atoms with van der Waals surface area (Å²) in [5.41, 5.74) is 2.19. The third kappa shape index (κ3) is 2.86. The molecule has 2 aromatic rings. The first-order chi connectivity index (χ1) is 8.70. The van der Waals surface area contributed by atoms with Crippen molar-refractivity contribution in [3.8, 4) is 6.07 Å². The van der Waals surface area contributed by atoms with Crippen molar-refractivity contribution in [1.82, 2.24) is 4.98 Å². The molecule has 0 aliphatic carbocycles. The topological polar surface area (TPSA) is 56.9 Å². The molecule has 0 saturated carbocycles. The third-order valence-corrected chi connectivity index (χ3v) is 3.03. The summed E-state index contributed by atoms with van der Waals surface area (Å²) in [6.45, 7) is 0. The Hall–Kier alpha value is -1.89. The second-order valence-electron chi connectivity index (χ2n) is 3.92. The first-order valence-electron chi connectivity index (χ1n) is 5.47. The number of hydrogen-bond acceptors (Lipinski definition) is 3. The zero-order chi connectivity index (χ0) is 13.0. The van der Waals surface area contributed by atoms with Gasteiger partial charge in [-0.2, -0.15) is 5.26 Å². The smallest absolute Gasteiger partial charge is 0.0991 e. The molecular weight excluding hydrogens is 248 g/mol. The van der Waals surface area contributed by atoms with E-state index in [4.69, 9.17) is 16.9 Å². The molecule has 3 nitrogen and oxygen atoms in total. The SMILES string of the molecule is N#Cc1ccc(C(O)Cc2ccncc2Cl)cc1. The van der Waals surface area contributed by atoms with Crippen LogP contribution in [-0.4, -0.2) is 10.1 Å². The lowest BCUT2D eigenvalue weighted by Gasteiger charge is -2.11. The van der Waals surface area contributed by atoms with Gasteiger partial charge >= 0.3 is 0 Å². The molecule has 0 aliphatic rings. The van der Waals surface area contributed by atoms with Crippen molar-refractivity contribution in [2.45, 2.75) is 12.5 Å². The Labute approximate surface area is 110 Å². The van der Waals surface area contributed by atoms with Crippen LogP contribution in [0.5, 0.6) is 0 Å². The van der Waals surface area contributed by atoms with Crippen LogP contribution in [0.3, 0.4) is 0 Å². The van der Waals surface area contributed by atoms with Gasteiger partial charge in [0.15, 0.2) is 0 Å². The second kappa shape index (κ2) is 5.63.